The SMILES string of the molecule is CC(C)C1(C(=O)c2cccc(OC3CC3)c2)CCNC1. The van der Waals surface area contributed by atoms with E-state index in [2.05, 4.69) is 19.2 Å². The number of benzene rings is 1. The number of nitrogens with one attached hydrogen (secondary N) is 1. The lowest BCUT2D eigenvalue weighted by molar-refractivity contribution is 0.0739. The van der Waals surface area contributed by atoms with Gasteiger partial charge in [-0.15, -0.1) is 0 Å². The van der Waals surface area contributed by atoms with Crippen LogP contribution in [0.25, 0.3) is 0 Å². The Morgan fingerprint density at radius 3 is 2.80 bits per heavy atom. The third kappa shape index (κ3) is 2.47. The third-order valence-electron chi connectivity index (χ3n) is 4.67. The van der Waals surface area contributed by atoms with Crippen molar-refractivity contribution in [2.45, 2.75) is 39.2 Å². The van der Waals surface area contributed by atoms with Gasteiger partial charge in [0.15, 0.2) is 5.78 Å². The molecule has 1 saturated heterocycles. The van der Waals surface area contributed by atoms with Gasteiger partial charge in [0.1, 0.15) is 5.75 Å². The number of hydrogen-bond donors (Lipinski definition) is 1. The summed E-state index contributed by atoms with van der Waals surface area (Å²) < 4.78 is 5.80. The first-order valence-corrected chi connectivity index (χ1v) is 7.64. The van der Waals surface area contributed by atoms with E-state index in [4.69, 9.17) is 4.74 Å². The van der Waals surface area contributed by atoms with Crippen LogP contribution in [0, 0.1) is 11.3 Å². The summed E-state index contributed by atoms with van der Waals surface area (Å²) in [4.78, 5) is 13.0. The Kier molecular flexibility index (Phi) is 3.55. The van der Waals surface area contributed by atoms with Crippen LogP contribution in [0.4, 0.5) is 0 Å². The smallest absolute Gasteiger partial charge is 0.170 e. The highest BCUT2D eigenvalue weighted by Gasteiger charge is 2.44. The molecule has 108 valence electrons. The summed E-state index contributed by atoms with van der Waals surface area (Å²) in [6.07, 6.45) is 3.57. The Hall–Kier alpha value is -1.35. The first kappa shape index (κ1) is 13.6. The highest BCUT2D eigenvalue weighted by atomic mass is 16.5. The normalized spacial score (nSPS) is 25.9. The summed E-state index contributed by atoms with van der Waals surface area (Å²) in [5.74, 6) is 1.44. The van der Waals surface area contributed by atoms with E-state index in [1.807, 2.05) is 24.3 Å². The maximum absolute atomic E-state index is 13.0. The van der Waals surface area contributed by atoms with E-state index >= 15 is 0 Å². The fourth-order valence-corrected chi connectivity index (χ4v) is 3.04. The molecule has 20 heavy (non-hydrogen) atoms. The van der Waals surface area contributed by atoms with Gasteiger partial charge in [-0.1, -0.05) is 26.0 Å². The van der Waals surface area contributed by atoms with Gasteiger partial charge in [-0.3, -0.25) is 4.79 Å². The molecule has 0 spiro atoms. The van der Waals surface area contributed by atoms with Crippen molar-refractivity contribution in [1.29, 1.82) is 0 Å². The zero-order chi connectivity index (χ0) is 14.2. The Balaban J connectivity index is 1.85. The van der Waals surface area contributed by atoms with Gasteiger partial charge >= 0.3 is 0 Å². The zero-order valence-electron chi connectivity index (χ0n) is 12.3. The zero-order valence-corrected chi connectivity index (χ0v) is 12.3. The van der Waals surface area contributed by atoms with Crippen LogP contribution in [0.3, 0.4) is 0 Å². The second-order valence-electron chi connectivity index (χ2n) is 6.41. The van der Waals surface area contributed by atoms with E-state index in [1.54, 1.807) is 0 Å². The second kappa shape index (κ2) is 5.21. The van der Waals surface area contributed by atoms with Crippen molar-refractivity contribution in [2.24, 2.45) is 11.3 Å². The molecule has 1 aliphatic carbocycles. The summed E-state index contributed by atoms with van der Waals surface area (Å²) in [6, 6.07) is 7.72. The maximum atomic E-state index is 13.0. The molecule has 1 N–H and O–H groups in total. The summed E-state index contributed by atoms with van der Waals surface area (Å²) >= 11 is 0. The predicted molar refractivity (Wildman–Crippen MR) is 79.2 cm³/mol. The number of hydrogen-bond acceptors (Lipinski definition) is 3. The molecule has 0 aromatic heterocycles. The minimum absolute atomic E-state index is 0.252. The van der Waals surface area contributed by atoms with Gasteiger partial charge in [0, 0.05) is 17.5 Å². The van der Waals surface area contributed by atoms with Crippen molar-refractivity contribution in [3.8, 4) is 5.75 Å². The van der Waals surface area contributed by atoms with Gasteiger partial charge in [-0.25, -0.2) is 0 Å². The standard InChI is InChI=1S/C17H23NO2/c1-12(2)17(8-9-18-11-17)16(19)13-4-3-5-15(10-13)20-14-6-7-14/h3-5,10,12,14,18H,6-9,11H2,1-2H3. The van der Waals surface area contributed by atoms with Crippen LogP contribution in [-0.4, -0.2) is 25.0 Å². The third-order valence-corrected chi connectivity index (χ3v) is 4.67. The number of ketones is 1. The molecular weight excluding hydrogens is 250 g/mol. The molecule has 1 aromatic carbocycles. The molecule has 1 aromatic rings. The van der Waals surface area contributed by atoms with Gasteiger partial charge in [-0.05, 0) is 43.9 Å². The molecule has 1 aliphatic heterocycles. The molecule has 1 unspecified atom stereocenters. The van der Waals surface area contributed by atoms with Crippen LogP contribution in [0.1, 0.15) is 43.5 Å². The molecule has 0 amide bonds. The van der Waals surface area contributed by atoms with Crippen molar-refractivity contribution in [1.82, 2.24) is 5.32 Å². The van der Waals surface area contributed by atoms with Crippen LogP contribution < -0.4 is 10.1 Å². The van der Waals surface area contributed by atoms with E-state index in [1.165, 1.54) is 0 Å². The van der Waals surface area contributed by atoms with E-state index in [9.17, 15) is 4.79 Å². The molecule has 0 radical (unpaired) electrons. The number of rotatable bonds is 5. The van der Waals surface area contributed by atoms with E-state index in [0.717, 1.165) is 43.7 Å². The van der Waals surface area contributed by atoms with Gasteiger partial charge < -0.3 is 10.1 Å². The van der Waals surface area contributed by atoms with Crippen molar-refractivity contribution < 1.29 is 9.53 Å². The topological polar surface area (TPSA) is 38.3 Å². The number of carbonyl (C=O) groups excluding carboxylic acids is 1. The Bertz CT molecular complexity index is 499. The van der Waals surface area contributed by atoms with Crippen molar-refractivity contribution in [2.75, 3.05) is 13.1 Å². The molecule has 1 atom stereocenters. The molecule has 0 bridgehead atoms. The highest BCUT2D eigenvalue weighted by molar-refractivity contribution is 6.01. The van der Waals surface area contributed by atoms with Crippen LogP contribution >= 0.6 is 0 Å². The molecule has 1 saturated carbocycles. The van der Waals surface area contributed by atoms with Gasteiger partial charge in [0.2, 0.25) is 0 Å². The number of Topliss-reactive ketones (excluding diaryl/α,β-unsaturated/α-hetero) is 1. The molecular formula is C17H23NO2. The first-order chi connectivity index (χ1) is 9.62. The molecule has 3 nitrogen and oxygen atoms in total. The van der Waals surface area contributed by atoms with E-state index < -0.39 is 0 Å². The largest absolute Gasteiger partial charge is 0.490 e. The molecule has 3 rings (SSSR count). The summed E-state index contributed by atoms with van der Waals surface area (Å²) in [5.41, 5.74) is 0.540. The van der Waals surface area contributed by atoms with Crippen molar-refractivity contribution in [3.63, 3.8) is 0 Å². The van der Waals surface area contributed by atoms with Crippen LogP contribution in [0.2, 0.25) is 0 Å². The lowest BCUT2D eigenvalue weighted by atomic mass is 9.71. The summed E-state index contributed by atoms with van der Waals surface area (Å²) in [5, 5.41) is 3.35. The molecule has 2 fully saturated rings. The summed E-state index contributed by atoms with van der Waals surface area (Å²) in [7, 11) is 0. The average molecular weight is 273 g/mol. The van der Waals surface area contributed by atoms with Crippen molar-refractivity contribution >= 4 is 5.78 Å². The lowest BCUT2D eigenvalue weighted by Crippen LogP contribution is -2.38. The summed E-state index contributed by atoms with van der Waals surface area (Å²) in [6.45, 7) is 6.02. The highest BCUT2D eigenvalue weighted by Crippen LogP contribution is 2.38. The van der Waals surface area contributed by atoms with Gasteiger partial charge in [-0.2, -0.15) is 0 Å². The van der Waals surface area contributed by atoms with Crippen LogP contribution in [0.15, 0.2) is 24.3 Å². The quantitative estimate of drug-likeness (QED) is 0.838. The number of ether oxygens (including phenoxy) is 1. The Morgan fingerprint density at radius 2 is 2.20 bits per heavy atom. The Morgan fingerprint density at radius 1 is 1.40 bits per heavy atom. The predicted octanol–water partition coefficient (Wildman–Crippen LogP) is 3.05. The second-order valence-corrected chi connectivity index (χ2v) is 6.41. The van der Waals surface area contributed by atoms with Crippen LogP contribution in [0.5, 0.6) is 5.75 Å². The van der Waals surface area contributed by atoms with Gasteiger partial charge in [0.05, 0.1) is 6.10 Å². The number of carbonyl (C=O) groups is 1. The minimum atomic E-state index is -0.252. The maximum Gasteiger partial charge on any atom is 0.170 e. The molecule has 3 heteroatoms. The minimum Gasteiger partial charge on any atom is -0.490 e. The molecule has 1 heterocycles. The van der Waals surface area contributed by atoms with Crippen LogP contribution in [-0.2, 0) is 0 Å². The fourth-order valence-electron chi connectivity index (χ4n) is 3.04. The fraction of sp³-hybridized carbons (Fsp3) is 0.588. The van der Waals surface area contributed by atoms with E-state index in [0.29, 0.717) is 12.0 Å². The molecule has 2 aliphatic rings. The van der Waals surface area contributed by atoms with E-state index in [-0.39, 0.29) is 11.2 Å². The average Bonchev–Trinajstić information content (AvgIpc) is 3.10. The Labute approximate surface area is 120 Å². The monoisotopic (exact) mass is 273 g/mol. The first-order valence-electron chi connectivity index (χ1n) is 7.64. The van der Waals surface area contributed by atoms with Gasteiger partial charge in [0.25, 0.3) is 0 Å². The lowest BCUT2D eigenvalue weighted by Gasteiger charge is -2.31. The van der Waals surface area contributed by atoms with Crippen molar-refractivity contribution in [3.05, 3.63) is 29.8 Å².